The van der Waals surface area contributed by atoms with Gasteiger partial charge in [-0.3, -0.25) is 9.59 Å². The van der Waals surface area contributed by atoms with Gasteiger partial charge in [0, 0.05) is 13.8 Å². The van der Waals surface area contributed by atoms with Gasteiger partial charge in [0.25, 0.3) is 0 Å². The van der Waals surface area contributed by atoms with Crippen LogP contribution in [0.25, 0.3) is 0 Å². The molecule has 1 aliphatic rings. The maximum Gasteiger partial charge on any atom is 0.352 e. The van der Waals surface area contributed by atoms with E-state index >= 15 is 0 Å². The quantitative estimate of drug-likeness (QED) is 0.515. The van der Waals surface area contributed by atoms with Gasteiger partial charge >= 0.3 is 23.9 Å². The second kappa shape index (κ2) is 9.52. The van der Waals surface area contributed by atoms with E-state index < -0.39 is 42.2 Å². The van der Waals surface area contributed by atoms with E-state index in [1.807, 2.05) is 26.0 Å². The van der Waals surface area contributed by atoms with Crippen LogP contribution < -0.4 is 0 Å². The summed E-state index contributed by atoms with van der Waals surface area (Å²) in [4.78, 5) is 46.7. The molecule has 1 N–H and O–H groups in total. The summed E-state index contributed by atoms with van der Waals surface area (Å²) in [5.74, 6) is -4.52. The van der Waals surface area contributed by atoms with Crippen molar-refractivity contribution in [3.63, 3.8) is 0 Å². The van der Waals surface area contributed by atoms with E-state index in [4.69, 9.17) is 9.47 Å². The van der Waals surface area contributed by atoms with Crippen LogP contribution in [0, 0.1) is 5.41 Å². The number of ether oxygens (including phenoxy) is 3. The fraction of sp³-hybridized carbons (Fsp3) is 0.600. The van der Waals surface area contributed by atoms with Crippen LogP contribution in [0.3, 0.4) is 0 Å². The van der Waals surface area contributed by atoms with E-state index in [-0.39, 0.29) is 5.41 Å². The zero-order chi connectivity index (χ0) is 21.6. The highest BCUT2D eigenvalue weighted by Crippen LogP contribution is 2.42. The normalized spacial score (nSPS) is 21.0. The SMILES string of the molecule is C/C=C/C1=C(C)[C@@H](OC(=O)C(OC(C)=O)C(OC(C)=O)C(=O)O)CCC1(C)C. The van der Waals surface area contributed by atoms with Crippen LogP contribution in [-0.4, -0.2) is 47.3 Å². The van der Waals surface area contributed by atoms with Crippen molar-refractivity contribution in [2.24, 2.45) is 5.41 Å². The number of carbonyl (C=O) groups is 4. The predicted molar refractivity (Wildman–Crippen MR) is 99.2 cm³/mol. The van der Waals surface area contributed by atoms with Crippen LogP contribution in [0.1, 0.15) is 54.4 Å². The Bertz CT molecular complexity index is 701. The lowest BCUT2D eigenvalue weighted by molar-refractivity contribution is -0.190. The van der Waals surface area contributed by atoms with Gasteiger partial charge < -0.3 is 19.3 Å². The maximum absolute atomic E-state index is 12.7. The van der Waals surface area contributed by atoms with Gasteiger partial charge in [0.1, 0.15) is 6.10 Å². The molecule has 156 valence electrons. The first-order chi connectivity index (χ1) is 12.9. The van der Waals surface area contributed by atoms with E-state index in [1.165, 1.54) is 0 Å². The van der Waals surface area contributed by atoms with Gasteiger partial charge in [-0.15, -0.1) is 0 Å². The number of aliphatic carboxylic acids is 1. The van der Waals surface area contributed by atoms with Crippen molar-refractivity contribution in [1.82, 2.24) is 0 Å². The third-order valence-corrected chi connectivity index (χ3v) is 4.60. The largest absolute Gasteiger partial charge is 0.478 e. The van der Waals surface area contributed by atoms with Crippen LogP contribution in [0.5, 0.6) is 0 Å². The van der Waals surface area contributed by atoms with Gasteiger partial charge in [-0.1, -0.05) is 26.0 Å². The average molecular weight is 396 g/mol. The summed E-state index contributed by atoms with van der Waals surface area (Å²) in [6.45, 7) is 9.92. The molecule has 0 spiro atoms. The van der Waals surface area contributed by atoms with Gasteiger partial charge in [-0.25, -0.2) is 9.59 Å². The zero-order valence-corrected chi connectivity index (χ0v) is 17.1. The summed E-state index contributed by atoms with van der Waals surface area (Å²) in [5, 5.41) is 9.30. The molecule has 0 fully saturated rings. The lowest BCUT2D eigenvalue weighted by atomic mass is 9.71. The zero-order valence-electron chi connectivity index (χ0n) is 17.1. The number of allylic oxidation sites excluding steroid dienone is 3. The molecule has 1 rings (SSSR count). The van der Waals surface area contributed by atoms with Gasteiger partial charge in [0.05, 0.1) is 0 Å². The number of rotatable bonds is 7. The minimum absolute atomic E-state index is 0.101. The summed E-state index contributed by atoms with van der Waals surface area (Å²) >= 11 is 0. The molecule has 1 aliphatic carbocycles. The van der Waals surface area contributed by atoms with E-state index in [0.717, 1.165) is 31.4 Å². The average Bonchev–Trinajstić information content (AvgIpc) is 2.56. The Balaban J connectivity index is 3.17. The molecule has 0 aliphatic heterocycles. The number of carbonyl (C=O) groups excluding carboxylic acids is 3. The topological polar surface area (TPSA) is 116 Å². The highest BCUT2D eigenvalue weighted by Gasteiger charge is 2.43. The van der Waals surface area contributed by atoms with Crippen molar-refractivity contribution >= 4 is 23.9 Å². The second-order valence-electron chi connectivity index (χ2n) is 7.34. The highest BCUT2D eigenvalue weighted by molar-refractivity contribution is 5.88. The molecular formula is C20H28O8. The van der Waals surface area contributed by atoms with Gasteiger partial charge in [0.2, 0.25) is 12.2 Å². The Morgan fingerprint density at radius 2 is 1.64 bits per heavy atom. The summed E-state index contributed by atoms with van der Waals surface area (Å²) < 4.78 is 15.0. The maximum atomic E-state index is 12.7. The molecule has 0 bridgehead atoms. The number of hydrogen-bond acceptors (Lipinski definition) is 7. The molecule has 0 aromatic rings. The number of carboxylic acids is 1. The number of hydrogen-bond donors (Lipinski definition) is 1. The molecular weight excluding hydrogens is 368 g/mol. The van der Waals surface area contributed by atoms with E-state index in [1.54, 1.807) is 0 Å². The molecule has 0 aromatic carbocycles. The van der Waals surface area contributed by atoms with Crippen molar-refractivity contribution < 1.29 is 38.5 Å². The van der Waals surface area contributed by atoms with E-state index in [0.29, 0.717) is 6.42 Å². The smallest absolute Gasteiger partial charge is 0.352 e. The van der Waals surface area contributed by atoms with Crippen molar-refractivity contribution in [3.05, 3.63) is 23.3 Å². The molecule has 0 aromatic heterocycles. The molecule has 0 heterocycles. The molecule has 3 atom stereocenters. The Labute approximate surface area is 164 Å². The summed E-state index contributed by atoms with van der Waals surface area (Å²) in [6, 6.07) is 0. The van der Waals surface area contributed by atoms with E-state index in [2.05, 4.69) is 18.6 Å². The van der Waals surface area contributed by atoms with Gasteiger partial charge in [-0.2, -0.15) is 0 Å². The van der Waals surface area contributed by atoms with Crippen molar-refractivity contribution in [2.45, 2.75) is 72.7 Å². The Hall–Kier alpha value is -2.64. The molecule has 2 unspecified atom stereocenters. The van der Waals surface area contributed by atoms with Crippen LogP contribution in [0.4, 0.5) is 0 Å². The first-order valence-corrected chi connectivity index (χ1v) is 9.02. The second-order valence-corrected chi connectivity index (χ2v) is 7.34. The molecule has 0 saturated carbocycles. The Morgan fingerprint density at radius 1 is 1.11 bits per heavy atom. The Morgan fingerprint density at radius 3 is 2.11 bits per heavy atom. The van der Waals surface area contributed by atoms with Crippen LogP contribution in [-0.2, 0) is 33.4 Å². The van der Waals surface area contributed by atoms with Gasteiger partial charge in [0.15, 0.2) is 0 Å². The lowest BCUT2D eigenvalue weighted by Crippen LogP contribution is -2.47. The van der Waals surface area contributed by atoms with Gasteiger partial charge in [-0.05, 0) is 43.3 Å². The van der Waals surface area contributed by atoms with Crippen molar-refractivity contribution in [2.75, 3.05) is 0 Å². The first-order valence-electron chi connectivity index (χ1n) is 9.02. The molecule has 8 nitrogen and oxygen atoms in total. The standard InChI is InChI=1S/C20H28O8/c1-7-8-14-11(2)15(9-10-20(14,5)6)28-19(25)17(27-13(4)22)16(18(23)24)26-12(3)21/h7-8,15-17H,9-10H2,1-6H3,(H,23,24)/b8-7+/t15-,16?,17?/m0/s1. The molecule has 28 heavy (non-hydrogen) atoms. The summed E-state index contributed by atoms with van der Waals surface area (Å²) in [7, 11) is 0. The van der Waals surface area contributed by atoms with E-state index in [9.17, 15) is 24.3 Å². The third kappa shape index (κ3) is 5.94. The highest BCUT2D eigenvalue weighted by atomic mass is 16.6. The minimum atomic E-state index is -1.99. The third-order valence-electron chi connectivity index (χ3n) is 4.60. The Kier molecular flexibility index (Phi) is 7.96. The fourth-order valence-electron chi connectivity index (χ4n) is 3.26. The number of esters is 3. The van der Waals surface area contributed by atoms with Crippen LogP contribution in [0.15, 0.2) is 23.3 Å². The van der Waals surface area contributed by atoms with Crippen molar-refractivity contribution in [1.29, 1.82) is 0 Å². The van der Waals surface area contributed by atoms with Crippen molar-refractivity contribution in [3.8, 4) is 0 Å². The molecule has 0 saturated heterocycles. The number of carboxylic acid groups (broad SMARTS) is 1. The fourth-order valence-corrected chi connectivity index (χ4v) is 3.26. The summed E-state index contributed by atoms with van der Waals surface area (Å²) in [5.41, 5.74) is 1.76. The minimum Gasteiger partial charge on any atom is -0.478 e. The molecule has 0 radical (unpaired) electrons. The predicted octanol–water partition coefficient (Wildman–Crippen LogP) is 2.56. The first kappa shape index (κ1) is 23.4. The summed E-state index contributed by atoms with van der Waals surface area (Å²) in [6.07, 6.45) is 0.637. The van der Waals surface area contributed by atoms with Crippen LogP contribution in [0.2, 0.25) is 0 Å². The monoisotopic (exact) mass is 396 g/mol. The molecule has 0 amide bonds. The molecule has 8 heteroatoms. The lowest BCUT2D eigenvalue weighted by Gasteiger charge is -2.37. The van der Waals surface area contributed by atoms with Crippen LogP contribution >= 0.6 is 0 Å².